The van der Waals surface area contributed by atoms with Crippen LogP contribution in [0.15, 0.2) is 30.4 Å². The van der Waals surface area contributed by atoms with Crippen LogP contribution in [0.4, 0.5) is 5.69 Å². The molecule has 4 nitrogen and oxygen atoms in total. The summed E-state index contributed by atoms with van der Waals surface area (Å²) in [6.07, 6.45) is 5.88. The molecule has 4 heteroatoms. The van der Waals surface area contributed by atoms with Crippen molar-refractivity contribution in [2.45, 2.75) is 18.4 Å². The normalized spacial score (nSPS) is 28.1. The lowest BCUT2D eigenvalue weighted by Crippen LogP contribution is -2.37. The van der Waals surface area contributed by atoms with Gasteiger partial charge >= 0.3 is 5.97 Å². The molecular weight excluding hydrogens is 230 g/mol. The first-order valence-electron chi connectivity index (χ1n) is 5.97. The highest BCUT2D eigenvalue weighted by molar-refractivity contribution is 5.96. The molecule has 0 saturated heterocycles. The summed E-state index contributed by atoms with van der Waals surface area (Å²) in [6, 6.07) is 4.95. The highest BCUT2D eigenvalue weighted by Crippen LogP contribution is 2.45. The van der Waals surface area contributed by atoms with Crippen LogP contribution >= 0.6 is 0 Å². The number of fused-ring (bicyclic) bond motifs is 3. The van der Waals surface area contributed by atoms with Crippen molar-refractivity contribution in [1.82, 2.24) is 0 Å². The highest BCUT2D eigenvalue weighted by atomic mass is 16.4. The number of carboxylic acid groups (broad SMARTS) is 1. The molecule has 0 radical (unpaired) electrons. The summed E-state index contributed by atoms with van der Waals surface area (Å²) < 4.78 is 0. The number of hydrogen-bond donors (Lipinski definition) is 2. The molecular formula is C14H13NO3. The predicted octanol–water partition coefficient (Wildman–Crippen LogP) is 2.04. The highest BCUT2D eigenvalue weighted by Gasteiger charge is 2.38. The third-order valence-electron chi connectivity index (χ3n) is 3.82. The van der Waals surface area contributed by atoms with Crippen LogP contribution in [0.1, 0.15) is 28.3 Å². The van der Waals surface area contributed by atoms with Crippen molar-refractivity contribution in [3.8, 4) is 0 Å². The molecule has 3 rings (SSSR count). The maximum atomic E-state index is 11.2. The van der Waals surface area contributed by atoms with Crippen LogP contribution in [-0.2, 0) is 4.79 Å². The Hall–Kier alpha value is -2.10. The average molecular weight is 243 g/mol. The third-order valence-corrected chi connectivity index (χ3v) is 3.82. The molecule has 1 aliphatic heterocycles. The number of allylic oxidation sites excluding steroid dienone is 2. The molecule has 0 aromatic heterocycles. The van der Waals surface area contributed by atoms with Gasteiger partial charge in [-0.05, 0) is 24.0 Å². The first-order valence-corrected chi connectivity index (χ1v) is 5.97. The quantitative estimate of drug-likeness (QED) is 0.616. The van der Waals surface area contributed by atoms with E-state index in [0.717, 1.165) is 18.3 Å². The fourth-order valence-corrected chi connectivity index (χ4v) is 2.97. The zero-order chi connectivity index (χ0) is 12.7. The van der Waals surface area contributed by atoms with Crippen molar-refractivity contribution in [2.24, 2.45) is 5.92 Å². The zero-order valence-corrected chi connectivity index (χ0v) is 9.67. The SMILES string of the molecule is O=CC1Nc2c(C(=O)O)cccc2C2C=CCC12. The van der Waals surface area contributed by atoms with E-state index in [4.69, 9.17) is 0 Å². The molecule has 0 spiro atoms. The van der Waals surface area contributed by atoms with E-state index in [1.54, 1.807) is 12.1 Å². The molecule has 3 unspecified atom stereocenters. The minimum absolute atomic E-state index is 0.149. The fourth-order valence-electron chi connectivity index (χ4n) is 2.97. The maximum Gasteiger partial charge on any atom is 0.337 e. The molecule has 1 aromatic carbocycles. The Morgan fingerprint density at radius 2 is 2.28 bits per heavy atom. The van der Waals surface area contributed by atoms with Gasteiger partial charge in [0, 0.05) is 5.92 Å². The van der Waals surface area contributed by atoms with E-state index in [1.165, 1.54) is 0 Å². The van der Waals surface area contributed by atoms with Crippen molar-refractivity contribution in [3.05, 3.63) is 41.5 Å². The standard InChI is InChI=1S/C14H13NO3/c16-7-12-9-4-1-3-8(9)10-5-2-6-11(14(17)18)13(10)15-12/h1-3,5-9,12,15H,4H2,(H,17,18). The van der Waals surface area contributed by atoms with Gasteiger partial charge in [0.25, 0.3) is 0 Å². The van der Waals surface area contributed by atoms with E-state index >= 15 is 0 Å². The first kappa shape index (κ1) is 11.0. The van der Waals surface area contributed by atoms with Crippen LogP contribution in [-0.4, -0.2) is 23.4 Å². The molecule has 0 amide bonds. The van der Waals surface area contributed by atoms with Gasteiger partial charge in [0.1, 0.15) is 6.29 Å². The Morgan fingerprint density at radius 1 is 1.44 bits per heavy atom. The topological polar surface area (TPSA) is 66.4 Å². The summed E-state index contributed by atoms with van der Waals surface area (Å²) in [6.45, 7) is 0. The summed E-state index contributed by atoms with van der Waals surface area (Å²) >= 11 is 0. The van der Waals surface area contributed by atoms with E-state index < -0.39 is 5.97 Å². The summed E-state index contributed by atoms with van der Waals surface area (Å²) in [5, 5.41) is 12.3. The van der Waals surface area contributed by atoms with Crippen molar-refractivity contribution in [2.75, 3.05) is 5.32 Å². The molecule has 1 aliphatic carbocycles. The third kappa shape index (κ3) is 1.45. The van der Waals surface area contributed by atoms with Crippen LogP contribution in [0.2, 0.25) is 0 Å². The number of anilines is 1. The molecule has 0 saturated carbocycles. The second-order valence-corrected chi connectivity index (χ2v) is 4.73. The average Bonchev–Trinajstić information content (AvgIpc) is 2.86. The van der Waals surface area contributed by atoms with Crippen molar-refractivity contribution in [3.63, 3.8) is 0 Å². The predicted molar refractivity (Wildman–Crippen MR) is 66.9 cm³/mol. The van der Waals surface area contributed by atoms with E-state index in [1.807, 2.05) is 6.07 Å². The van der Waals surface area contributed by atoms with Gasteiger partial charge in [-0.15, -0.1) is 0 Å². The minimum Gasteiger partial charge on any atom is -0.478 e. The summed E-state index contributed by atoms with van der Waals surface area (Å²) in [5.74, 6) is -0.612. The van der Waals surface area contributed by atoms with Gasteiger partial charge in [-0.3, -0.25) is 0 Å². The summed E-state index contributed by atoms with van der Waals surface area (Å²) in [4.78, 5) is 22.4. The van der Waals surface area contributed by atoms with E-state index in [9.17, 15) is 14.7 Å². The zero-order valence-electron chi connectivity index (χ0n) is 9.67. The number of benzene rings is 1. The molecule has 0 fully saturated rings. The molecule has 18 heavy (non-hydrogen) atoms. The van der Waals surface area contributed by atoms with Gasteiger partial charge in [0.05, 0.1) is 17.3 Å². The van der Waals surface area contributed by atoms with Gasteiger partial charge in [-0.1, -0.05) is 24.3 Å². The van der Waals surface area contributed by atoms with Crippen LogP contribution in [0, 0.1) is 5.92 Å². The molecule has 1 heterocycles. The Kier molecular flexibility index (Phi) is 2.44. The number of nitrogens with one attached hydrogen (secondary N) is 1. The molecule has 2 aliphatic rings. The Bertz CT molecular complexity index is 550. The second-order valence-electron chi connectivity index (χ2n) is 4.73. The number of rotatable bonds is 2. The van der Waals surface area contributed by atoms with Crippen LogP contribution in [0.3, 0.4) is 0 Å². The smallest absolute Gasteiger partial charge is 0.337 e. The van der Waals surface area contributed by atoms with Crippen LogP contribution in [0.25, 0.3) is 0 Å². The minimum atomic E-state index is -0.968. The maximum absolute atomic E-state index is 11.2. The Labute approximate surface area is 104 Å². The number of carbonyl (C=O) groups is 2. The molecule has 0 bridgehead atoms. The van der Waals surface area contributed by atoms with Gasteiger partial charge in [-0.2, -0.15) is 0 Å². The van der Waals surface area contributed by atoms with Crippen molar-refractivity contribution >= 4 is 17.9 Å². The largest absolute Gasteiger partial charge is 0.478 e. The number of aromatic carboxylic acids is 1. The van der Waals surface area contributed by atoms with Gasteiger partial charge in [0.2, 0.25) is 0 Å². The van der Waals surface area contributed by atoms with Crippen molar-refractivity contribution < 1.29 is 14.7 Å². The van der Waals surface area contributed by atoms with Gasteiger partial charge in [-0.25, -0.2) is 4.79 Å². The number of carbonyl (C=O) groups excluding carboxylic acids is 1. The van der Waals surface area contributed by atoms with Crippen LogP contribution < -0.4 is 5.32 Å². The number of aldehydes is 1. The Morgan fingerprint density at radius 3 is 3.00 bits per heavy atom. The van der Waals surface area contributed by atoms with Crippen LogP contribution in [0.5, 0.6) is 0 Å². The lowest BCUT2D eigenvalue weighted by atomic mass is 9.79. The molecule has 92 valence electrons. The number of carboxylic acids is 1. The van der Waals surface area contributed by atoms with E-state index in [-0.39, 0.29) is 23.4 Å². The van der Waals surface area contributed by atoms with Gasteiger partial charge in [0.15, 0.2) is 0 Å². The molecule has 3 atom stereocenters. The Balaban J connectivity index is 2.16. The number of para-hydroxylation sites is 1. The second kappa shape index (κ2) is 3.98. The fraction of sp³-hybridized carbons (Fsp3) is 0.286. The molecule has 2 N–H and O–H groups in total. The lowest BCUT2D eigenvalue weighted by Gasteiger charge is -2.34. The van der Waals surface area contributed by atoms with E-state index in [0.29, 0.717) is 5.69 Å². The lowest BCUT2D eigenvalue weighted by molar-refractivity contribution is -0.109. The molecule has 1 aromatic rings. The van der Waals surface area contributed by atoms with Gasteiger partial charge < -0.3 is 15.2 Å². The van der Waals surface area contributed by atoms with E-state index in [2.05, 4.69) is 17.5 Å². The summed E-state index contributed by atoms with van der Waals surface area (Å²) in [5.41, 5.74) is 1.81. The van der Waals surface area contributed by atoms with Crippen molar-refractivity contribution in [1.29, 1.82) is 0 Å². The number of hydrogen-bond acceptors (Lipinski definition) is 3. The summed E-state index contributed by atoms with van der Waals surface area (Å²) in [7, 11) is 0. The monoisotopic (exact) mass is 243 g/mol. The first-order chi connectivity index (χ1) is 8.72.